The summed E-state index contributed by atoms with van der Waals surface area (Å²) in [4.78, 5) is 28.1. The van der Waals surface area contributed by atoms with Gasteiger partial charge >= 0.3 is 5.97 Å². The van der Waals surface area contributed by atoms with Crippen LogP contribution in [0.15, 0.2) is 47.5 Å². The number of fused-ring (bicyclic) bond motifs is 1. The number of amides is 1. The number of thiazole rings is 1. The largest absolute Gasteiger partial charge is 0.480 e. The molecule has 2 aromatic carbocycles. The molecule has 8 heteroatoms. The highest BCUT2D eigenvalue weighted by atomic mass is 32.1. The number of hydrogen-bond acceptors (Lipinski definition) is 3. The third-order valence-electron chi connectivity index (χ3n) is 3.82. The molecule has 3 rings (SSSR count). The standard InChI is InChI=1S/C18H14F2N2O3S/c1-2-13(17(24)25)22-14-5-3-4-6-15(14)26-18(22)21-16(23)10-7-11(19)9-12(20)8-10/h3-9,13H,2H2,1H3,(H,24,25)/b21-18-. The molecular weight excluding hydrogens is 362 g/mol. The fourth-order valence-electron chi connectivity index (χ4n) is 2.67. The third kappa shape index (κ3) is 3.41. The fourth-order valence-corrected chi connectivity index (χ4v) is 3.73. The van der Waals surface area contributed by atoms with Gasteiger partial charge in [0.1, 0.15) is 17.7 Å². The third-order valence-corrected chi connectivity index (χ3v) is 4.86. The SMILES string of the molecule is CCC(C(=O)O)n1/c(=N/C(=O)c2cc(F)cc(F)c2)sc2ccccc21. The number of halogens is 2. The first-order valence-corrected chi connectivity index (χ1v) is 8.60. The van der Waals surface area contributed by atoms with Crippen molar-refractivity contribution in [1.82, 2.24) is 4.57 Å². The van der Waals surface area contributed by atoms with Crippen molar-refractivity contribution in [1.29, 1.82) is 0 Å². The van der Waals surface area contributed by atoms with E-state index in [-0.39, 0.29) is 16.8 Å². The van der Waals surface area contributed by atoms with Crippen molar-refractivity contribution >= 4 is 33.4 Å². The Labute approximate surface area is 150 Å². The summed E-state index contributed by atoms with van der Waals surface area (Å²) in [6, 6.07) is 8.60. The van der Waals surface area contributed by atoms with Gasteiger partial charge in [0, 0.05) is 11.6 Å². The van der Waals surface area contributed by atoms with Crippen LogP contribution in [0.1, 0.15) is 29.7 Å². The summed E-state index contributed by atoms with van der Waals surface area (Å²) in [6.07, 6.45) is 0.284. The number of carbonyl (C=O) groups excluding carboxylic acids is 1. The molecule has 134 valence electrons. The maximum absolute atomic E-state index is 13.3. The normalized spacial score (nSPS) is 13.1. The van der Waals surface area contributed by atoms with E-state index in [1.54, 1.807) is 31.2 Å². The molecule has 0 aliphatic heterocycles. The zero-order valence-electron chi connectivity index (χ0n) is 13.6. The van der Waals surface area contributed by atoms with Crippen LogP contribution in [0, 0.1) is 11.6 Å². The predicted molar refractivity (Wildman–Crippen MR) is 93.0 cm³/mol. The van der Waals surface area contributed by atoms with Gasteiger partial charge in [-0.3, -0.25) is 4.79 Å². The van der Waals surface area contributed by atoms with Gasteiger partial charge in [0.25, 0.3) is 5.91 Å². The van der Waals surface area contributed by atoms with Gasteiger partial charge in [-0.15, -0.1) is 0 Å². The molecule has 0 bridgehead atoms. The van der Waals surface area contributed by atoms with Crippen LogP contribution in [0.5, 0.6) is 0 Å². The van der Waals surface area contributed by atoms with Crippen molar-refractivity contribution in [2.24, 2.45) is 4.99 Å². The Balaban J connectivity index is 2.22. The number of hydrogen-bond donors (Lipinski definition) is 1. The van der Waals surface area contributed by atoms with Gasteiger partial charge in [0.15, 0.2) is 4.80 Å². The van der Waals surface area contributed by atoms with Gasteiger partial charge in [-0.1, -0.05) is 30.4 Å². The number of benzene rings is 2. The molecule has 1 atom stereocenters. The summed E-state index contributed by atoms with van der Waals surface area (Å²) in [5.41, 5.74) is 0.388. The fraction of sp³-hybridized carbons (Fsp3) is 0.167. The van der Waals surface area contributed by atoms with Crippen molar-refractivity contribution in [3.05, 3.63) is 64.5 Å². The first-order valence-electron chi connectivity index (χ1n) is 7.78. The Bertz CT molecular complexity index is 1050. The highest BCUT2D eigenvalue weighted by Gasteiger charge is 2.22. The van der Waals surface area contributed by atoms with E-state index < -0.39 is 29.6 Å². The number of carboxylic acids is 1. The van der Waals surface area contributed by atoms with E-state index in [1.165, 1.54) is 4.57 Å². The van der Waals surface area contributed by atoms with Gasteiger partial charge < -0.3 is 9.67 Å². The quantitative estimate of drug-likeness (QED) is 0.754. The molecule has 1 amide bonds. The summed E-state index contributed by atoms with van der Waals surface area (Å²) < 4.78 is 28.9. The Morgan fingerprint density at radius 3 is 2.46 bits per heavy atom. The second-order valence-electron chi connectivity index (χ2n) is 5.56. The zero-order chi connectivity index (χ0) is 18.8. The van der Waals surface area contributed by atoms with Crippen molar-refractivity contribution < 1.29 is 23.5 Å². The number of aromatic nitrogens is 1. The number of aliphatic carboxylic acids is 1. The minimum absolute atomic E-state index is 0.162. The van der Waals surface area contributed by atoms with Crippen molar-refractivity contribution in [3.63, 3.8) is 0 Å². The number of rotatable bonds is 4. The molecule has 0 saturated carbocycles. The van der Waals surface area contributed by atoms with Crippen LogP contribution in [0.25, 0.3) is 10.2 Å². The summed E-state index contributed by atoms with van der Waals surface area (Å²) in [7, 11) is 0. The second kappa shape index (κ2) is 7.17. The molecule has 0 aliphatic rings. The summed E-state index contributed by atoms with van der Waals surface area (Å²) in [5, 5.41) is 9.51. The van der Waals surface area contributed by atoms with Crippen LogP contribution >= 0.6 is 11.3 Å². The lowest BCUT2D eigenvalue weighted by molar-refractivity contribution is -0.140. The predicted octanol–water partition coefficient (Wildman–Crippen LogP) is 3.76. The van der Waals surface area contributed by atoms with E-state index >= 15 is 0 Å². The lowest BCUT2D eigenvalue weighted by Gasteiger charge is -2.13. The Morgan fingerprint density at radius 2 is 1.85 bits per heavy atom. The van der Waals surface area contributed by atoms with Crippen LogP contribution in [0.3, 0.4) is 0 Å². The maximum atomic E-state index is 13.3. The van der Waals surface area contributed by atoms with Gasteiger partial charge in [-0.2, -0.15) is 4.99 Å². The lowest BCUT2D eigenvalue weighted by Crippen LogP contribution is -2.27. The van der Waals surface area contributed by atoms with E-state index in [4.69, 9.17) is 0 Å². The van der Waals surface area contributed by atoms with Gasteiger partial charge in [0.05, 0.1) is 10.2 Å². The molecular formula is C18H14F2N2O3S. The molecule has 0 spiro atoms. The van der Waals surface area contributed by atoms with Crippen molar-refractivity contribution in [2.75, 3.05) is 0 Å². The molecule has 3 aromatic rings. The molecule has 0 aliphatic carbocycles. The van der Waals surface area contributed by atoms with Gasteiger partial charge in [0.2, 0.25) is 0 Å². The van der Waals surface area contributed by atoms with Gasteiger partial charge in [-0.05, 0) is 30.7 Å². The molecule has 26 heavy (non-hydrogen) atoms. The van der Waals surface area contributed by atoms with E-state index in [9.17, 15) is 23.5 Å². The van der Waals surface area contributed by atoms with Crippen LogP contribution in [-0.2, 0) is 4.79 Å². The number of para-hydroxylation sites is 1. The lowest BCUT2D eigenvalue weighted by atomic mass is 10.2. The molecule has 0 saturated heterocycles. The topological polar surface area (TPSA) is 71.7 Å². The summed E-state index contributed by atoms with van der Waals surface area (Å²) >= 11 is 1.14. The molecule has 0 radical (unpaired) electrons. The highest BCUT2D eigenvalue weighted by molar-refractivity contribution is 7.16. The van der Waals surface area contributed by atoms with Crippen LogP contribution in [0.4, 0.5) is 8.78 Å². The maximum Gasteiger partial charge on any atom is 0.326 e. The average molecular weight is 376 g/mol. The van der Waals surface area contributed by atoms with Gasteiger partial charge in [-0.25, -0.2) is 13.6 Å². The summed E-state index contributed by atoms with van der Waals surface area (Å²) in [5.74, 6) is -3.67. The van der Waals surface area contributed by atoms with Crippen molar-refractivity contribution in [3.8, 4) is 0 Å². The minimum atomic E-state index is -1.05. The monoisotopic (exact) mass is 376 g/mol. The van der Waals surface area contributed by atoms with E-state index in [1.807, 2.05) is 0 Å². The first-order chi connectivity index (χ1) is 12.4. The van der Waals surface area contributed by atoms with Crippen molar-refractivity contribution in [2.45, 2.75) is 19.4 Å². The number of carbonyl (C=O) groups is 2. The smallest absolute Gasteiger partial charge is 0.326 e. The first kappa shape index (κ1) is 17.9. The van der Waals surface area contributed by atoms with E-state index in [2.05, 4.69) is 4.99 Å². The Morgan fingerprint density at radius 1 is 1.19 bits per heavy atom. The Hall–Kier alpha value is -2.87. The highest BCUT2D eigenvalue weighted by Crippen LogP contribution is 2.22. The van der Waals surface area contributed by atoms with E-state index in [0.717, 1.165) is 28.2 Å². The number of nitrogens with zero attached hydrogens (tertiary/aromatic N) is 2. The van der Waals surface area contributed by atoms with E-state index in [0.29, 0.717) is 11.6 Å². The molecule has 0 fully saturated rings. The molecule has 5 nitrogen and oxygen atoms in total. The average Bonchev–Trinajstić information content (AvgIpc) is 2.92. The van der Waals surface area contributed by atoms with Crippen LogP contribution in [-0.4, -0.2) is 21.6 Å². The minimum Gasteiger partial charge on any atom is -0.480 e. The molecule has 1 N–H and O–H groups in total. The molecule has 1 aromatic heterocycles. The van der Waals surface area contributed by atoms with Crippen LogP contribution in [0.2, 0.25) is 0 Å². The number of carboxylic acid groups (broad SMARTS) is 1. The second-order valence-corrected chi connectivity index (χ2v) is 6.57. The summed E-state index contributed by atoms with van der Waals surface area (Å²) in [6.45, 7) is 1.71. The van der Waals surface area contributed by atoms with Crippen LogP contribution < -0.4 is 4.80 Å². The molecule has 1 heterocycles. The zero-order valence-corrected chi connectivity index (χ0v) is 14.5. The molecule has 1 unspecified atom stereocenters. The Kier molecular flexibility index (Phi) is 4.94.